The van der Waals surface area contributed by atoms with Crippen molar-refractivity contribution < 1.29 is 14.2 Å². The van der Waals surface area contributed by atoms with E-state index in [4.69, 9.17) is 19.9 Å². The Labute approximate surface area is 103 Å². The molecule has 0 spiro atoms. The largest absolute Gasteiger partial charge is 0.495 e. The third-order valence-electron chi connectivity index (χ3n) is 2.66. The number of hydrogen-bond acceptors (Lipinski definition) is 4. The van der Waals surface area contributed by atoms with Crippen molar-refractivity contribution in [3.8, 4) is 17.2 Å². The van der Waals surface area contributed by atoms with E-state index in [0.29, 0.717) is 6.54 Å². The molecule has 1 aliphatic heterocycles. The average molecular weight is 288 g/mol. The average Bonchev–Trinajstić information content (AvgIpc) is 2.73. The monoisotopic (exact) mass is 287 g/mol. The van der Waals surface area contributed by atoms with Crippen molar-refractivity contribution in [3.63, 3.8) is 0 Å². The zero-order chi connectivity index (χ0) is 11.7. The van der Waals surface area contributed by atoms with Crippen LogP contribution in [0.2, 0.25) is 0 Å². The number of ether oxygens (including phenoxy) is 3. The maximum absolute atomic E-state index is 5.70. The summed E-state index contributed by atoms with van der Waals surface area (Å²) < 4.78 is 17.1. The summed E-state index contributed by atoms with van der Waals surface area (Å²) in [7, 11) is 1.63. The second-order valence-corrected chi connectivity index (χ2v) is 4.53. The smallest absolute Gasteiger partial charge is 0.231 e. The van der Waals surface area contributed by atoms with Crippen LogP contribution in [0.4, 0.5) is 0 Å². The normalized spacial score (nSPS) is 15.0. The molecule has 4 nitrogen and oxygen atoms in total. The molecule has 0 saturated heterocycles. The van der Waals surface area contributed by atoms with Crippen molar-refractivity contribution in [1.29, 1.82) is 0 Å². The lowest BCUT2D eigenvalue weighted by Gasteiger charge is -2.17. The van der Waals surface area contributed by atoms with Crippen LogP contribution in [0.15, 0.2) is 10.5 Å². The lowest BCUT2D eigenvalue weighted by molar-refractivity contribution is 0.173. The van der Waals surface area contributed by atoms with Crippen LogP contribution in [0.1, 0.15) is 18.4 Å². The van der Waals surface area contributed by atoms with E-state index >= 15 is 0 Å². The third-order valence-corrected chi connectivity index (χ3v) is 3.24. The standard InChI is InChI=1S/C11H14BrNO3/c1-6(4-13)9-10(14-2)7(12)3-8-11(9)16-5-15-8/h3,6H,4-5,13H2,1-2H3. The van der Waals surface area contributed by atoms with Crippen LogP contribution < -0.4 is 19.9 Å². The van der Waals surface area contributed by atoms with Gasteiger partial charge in [0.05, 0.1) is 11.6 Å². The molecule has 1 unspecified atom stereocenters. The molecule has 0 aliphatic carbocycles. The van der Waals surface area contributed by atoms with Crippen LogP contribution in [-0.4, -0.2) is 20.4 Å². The minimum atomic E-state index is 0.155. The van der Waals surface area contributed by atoms with Crippen molar-refractivity contribution in [2.24, 2.45) is 5.73 Å². The van der Waals surface area contributed by atoms with Gasteiger partial charge in [-0.1, -0.05) is 6.92 Å². The van der Waals surface area contributed by atoms with Gasteiger partial charge in [-0.05, 0) is 22.5 Å². The fraction of sp³-hybridized carbons (Fsp3) is 0.455. The quantitative estimate of drug-likeness (QED) is 0.926. The minimum absolute atomic E-state index is 0.155. The maximum atomic E-state index is 5.70. The van der Waals surface area contributed by atoms with Crippen LogP contribution >= 0.6 is 15.9 Å². The molecule has 0 radical (unpaired) electrons. The highest BCUT2D eigenvalue weighted by Gasteiger charge is 2.27. The molecule has 0 fully saturated rings. The van der Waals surface area contributed by atoms with Crippen LogP contribution in [0, 0.1) is 0 Å². The van der Waals surface area contributed by atoms with Crippen molar-refractivity contribution in [1.82, 2.24) is 0 Å². The summed E-state index contributed by atoms with van der Waals surface area (Å²) >= 11 is 3.46. The number of methoxy groups -OCH3 is 1. The first-order chi connectivity index (χ1) is 7.69. The molecule has 1 atom stereocenters. The van der Waals surface area contributed by atoms with E-state index in [0.717, 1.165) is 27.3 Å². The molecule has 16 heavy (non-hydrogen) atoms. The summed E-state index contributed by atoms with van der Waals surface area (Å²) in [6.07, 6.45) is 0. The van der Waals surface area contributed by atoms with Crippen molar-refractivity contribution in [2.45, 2.75) is 12.8 Å². The summed E-state index contributed by atoms with van der Waals surface area (Å²) in [5.74, 6) is 2.41. The lowest BCUT2D eigenvalue weighted by Crippen LogP contribution is -2.11. The van der Waals surface area contributed by atoms with Gasteiger partial charge in [0.15, 0.2) is 11.5 Å². The highest BCUT2D eigenvalue weighted by atomic mass is 79.9. The SMILES string of the molecule is COc1c(Br)cc2c(c1C(C)CN)OCO2. The minimum Gasteiger partial charge on any atom is -0.495 e. The number of hydrogen-bond donors (Lipinski definition) is 1. The van der Waals surface area contributed by atoms with E-state index < -0.39 is 0 Å². The van der Waals surface area contributed by atoms with Gasteiger partial charge in [-0.2, -0.15) is 0 Å². The second-order valence-electron chi connectivity index (χ2n) is 3.68. The van der Waals surface area contributed by atoms with Crippen LogP contribution in [0.3, 0.4) is 0 Å². The van der Waals surface area contributed by atoms with E-state index in [-0.39, 0.29) is 12.7 Å². The molecule has 2 N–H and O–H groups in total. The Hall–Kier alpha value is -0.940. The van der Waals surface area contributed by atoms with Crippen LogP contribution in [-0.2, 0) is 0 Å². The molecular formula is C11H14BrNO3. The summed E-state index contributed by atoms with van der Waals surface area (Å²) in [6, 6.07) is 1.86. The number of rotatable bonds is 3. The van der Waals surface area contributed by atoms with Gasteiger partial charge in [-0.25, -0.2) is 0 Å². The molecule has 1 heterocycles. The summed E-state index contributed by atoms with van der Waals surface area (Å²) in [5, 5.41) is 0. The Balaban J connectivity index is 2.61. The molecule has 1 aliphatic rings. The van der Waals surface area contributed by atoms with E-state index in [2.05, 4.69) is 15.9 Å². The predicted octanol–water partition coefficient (Wildman–Crippen LogP) is 2.25. The van der Waals surface area contributed by atoms with Gasteiger partial charge < -0.3 is 19.9 Å². The molecule has 0 bridgehead atoms. The number of nitrogens with two attached hydrogens (primary N) is 1. The molecule has 0 amide bonds. The van der Waals surface area contributed by atoms with E-state index in [1.807, 2.05) is 13.0 Å². The molecule has 0 saturated carbocycles. The number of halogens is 1. The molecule has 5 heteroatoms. The first-order valence-corrected chi connectivity index (χ1v) is 5.84. The van der Waals surface area contributed by atoms with Crippen LogP contribution in [0.5, 0.6) is 17.2 Å². The van der Waals surface area contributed by atoms with Gasteiger partial charge in [0.1, 0.15) is 5.75 Å². The molecular weight excluding hydrogens is 274 g/mol. The van der Waals surface area contributed by atoms with Crippen molar-refractivity contribution in [3.05, 3.63) is 16.1 Å². The topological polar surface area (TPSA) is 53.7 Å². The van der Waals surface area contributed by atoms with Gasteiger partial charge >= 0.3 is 0 Å². The fourth-order valence-corrected chi connectivity index (χ4v) is 2.37. The van der Waals surface area contributed by atoms with Crippen LogP contribution in [0.25, 0.3) is 0 Å². The Bertz CT molecular complexity index is 405. The molecule has 2 rings (SSSR count). The number of benzene rings is 1. The zero-order valence-corrected chi connectivity index (χ0v) is 10.8. The Morgan fingerprint density at radius 2 is 2.31 bits per heavy atom. The first-order valence-electron chi connectivity index (χ1n) is 5.05. The third kappa shape index (κ3) is 1.74. The highest BCUT2D eigenvalue weighted by molar-refractivity contribution is 9.10. The molecule has 1 aromatic carbocycles. The lowest BCUT2D eigenvalue weighted by atomic mass is 9.98. The molecule has 1 aromatic rings. The Kier molecular flexibility index (Phi) is 3.25. The van der Waals surface area contributed by atoms with Gasteiger partial charge in [-0.15, -0.1) is 0 Å². The zero-order valence-electron chi connectivity index (χ0n) is 9.25. The van der Waals surface area contributed by atoms with Crippen molar-refractivity contribution in [2.75, 3.05) is 20.4 Å². The van der Waals surface area contributed by atoms with Gasteiger partial charge in [0.25, 0.3) is 0 Å². The maximum Gasteiger partial charge on any atom is 0.231 e. The highest BCUT2D eigenvalue weighted by Crippen LogP contribution is 2.48. The van der Waals surface area contributed by atoms with E-state index in [1.165, 1.54) is 0 Å². The first kappa shape index (κ1) is 11.5. The number of fused-ring (bicyclic) bond motifs is 1. The Morgan fingerprint density at radius 3 is 2.94 bits per heavy atom. The van der Waals surface area contributed by atoms with E-state index in [1.54, 1.807) is 7.11 Å². The van der Waals surface area contributed by atoms with Crippen molar-refractivity contribution >= 4 is 15.9 Å². The summed E-state index contributed by atoms with van der Waals surface area (Å²) in [5.41, 5.74) is 6.67. The van der Waals surface area contributed by atoms with E-state index in [9.17, 15) is 0 Å². The van der Waals surface area contributed by atoms with Gasteiger partial charge in [0.2, 0.25) is 6.79 Å². The summed E-state index contributed by atoms with van der Waals surface area (Å²) in [6.45, 7) is 2.81. The summed E-state index contributed by atoms with van der Waals surface area (Å²) in [4.78, 5) is 0. The second kappa shape index (κ2) is 4.51. The fourth-order valence-electron chi connectivity index (χ4n) is 1.79. The van der Waals surface area contributed by atoms with Gasteiger partial charge in [-0.3, -0.25) is 0 Å². The van der Waals surface area contributed by atoms with Gasteiger partial charge in [0, 0.05) is 17.5 Å². The Morgan fingerprint density at radius 1 is 1.56 bits per heavy atom. The molecule has 0 aromatic heterocycles. The molecule has 88 valence electrons. The predicted molar refractivity (Wildman–Crippen MR) is 64.3 cm³/mol.